The lowest BCUT2D eigenvalue weighted by molar-refractivity contribution is -0.118. The highest BCUT2D eigenvalue weighted by Crippen LogP contribution is 2.27. The molecule has 3 rings (SSSR count). The van der Waals surface area contributed by atoms with Crippen LogP contribution in [0.15, 0.2) is 46.9 Å². The Morgan fingerprint density at radius 3 is 2.85 bits per heavy atom. The Morgan fingerprint density at radius 1 is 1.27 bits per heavy atom. The number of carbonyl (C=O) groups is 1. The molecule has 0 atom stereocenters. The van der Waals surface area contributed by atoms with Crippen LogP contribution in [0.1, 0.15) is 23.8 Å². The summed E-state index contributed by atoms with van der Waals surface area (Å²) in [6, 6.07) is 12.1. The molecule has 5 nitrogen and oxygen atoms in total. The average Bonchev–Trinajstić information content (AvgIpc) is 3.26. The number of aromatic nitrogens is 3. The van der Waals surface area contributed by atoms with Crippen molar-refractivity contribution >= 4 is 29.0 Å². The predicted octanol–water partition coefficient (Wildman–Crippen LogP) is 3.90. The third kappa shape index (κ3) is 4.74. The van der Waals surface area contributed by atoms with Gasteiger partial charge in [0.1, 0.15) is 0 Å². The molecule has 0 saturated heterocycles. The van der Waals surface area contributed by atoms with Crippen molar-refractivity contribution < 1.29 is 4.79 Å². The highest BCUT2D eigenvalue weighted by molar-refractivity contribution is 7.99. The fourth-order valence-corrected chi connectivity index (χ4v) is 4.25. The smallest absolute Gasteiger partial charge is 0.230 e. The van der Waals surface area contributed by atoms with Crippen LogP contribution < -0.4 is 5.32 Å². The highest BCUT2D eigenvalue weighted by Gasteiger charge is 2.14. The molecule has 0 saturated carbocycles. The van der Waals surface area contributed by atoms with Crippen LogP contribution in [0.3, 0.4) is 0 Å². The summed E-state index contributed by atoms with van der Waals surface area (Å²) >= 11 is 3.16. The Morgan fingerprint density at radius 2 is 2.08 bits per heavy atom. The molecule has 2 aromatic heterocycles. The van der Waals surface area contributed by atoms with Crippen LogP contribution >= 0.6 is 23.1 Å². The van der Waals surface area contributed by atoms with Crippen LogP contribution in [0.5, 0.6) is 0 Å². The Kier molecular flexibility index (Phi) is 6.46. The van der Waals surface area contributed by atoms with Crippen LogP contribution in [-0.4, -0.2) is 26.4 Å². The van der Waals surface area contributed by atoms with Crippen LogP contribution in [0.4, 0.5) is 0 Å². The minimum absolute atomic E-state index is 0.0100. The summed E-state index contributed by atoms with van der Waals surface area (Å²) in [4.78, 5) is 13.4. The first-order valence-corrected chi connectivity index (χ1v) is 10.4. The maximum absolute atomic E-state index is 12.1. The number of carbonyl (C=O) groups excluding carboxylic acids is 1. The summed E-state index contributed by atoms with van der Waals surface area (Å²) < 4.78 is 1.95. The van der Waals surface area contributed by atoms with Gasteiger partial charge in [0.05, 0.1) is 5.75 Å². The number of benzene rings is 1. The van der Waals surface area contributed by atoms with Gasteiger partial charge in [-0.1, -0.05) is 55.4 Å². The zero-order valence-electron chi connectivity index (χ0n) is 14.9. The molecule has 3 aromatic rings. The monoisotopic (exact) mass is 386 g/mol. The fourth-order valence-electron chi connectivity index (χ4n) is 2.55. The second-order valence-electron chi connectivity index (χ2n) is 5.97. The van der Waals surface area contributed by atoms with Gasteiger partial charge in [0.25, 0.3) is 0 Å². The van der Waals surface area contributed by atoms with Gasteiger partial charge in [0.2, 0.25) is 5.91 Å². The van der Waals surface area contributed by atoms with Gasteiger partial charge < -0.3 is 9.88 Å². The maximum Gasteiger partial charge on any atom is 0.230 e. The van der Waals surface area contributed by atoms with E-state index >= 15 is 0 Å². The maximum atomic E-state index is 12.1. The van der Waals surface area contributed by atoms with Crippen molar-refractivity contribution in [2.45, 2.75) is 31.5 Å². The number of thiophene rings is 1. The number of hydrogen-bond donors (Lipinski definition) is 1. The van der Waals surface area contributed by atoms with E-state index in [0.29, 0.717) is 12.3 Å². The van der Waals surface area contributed by atoms with Gasteiger partial charge in [-0.15, -0.1) is 21.5 Å². The molecule has 1 amide bonds. The molecule has 0 fully saturated rings. The van der Waals surface area contributed by atoms with Crippen LogP contribution in [-0.2, 0) is 24.8 Å². The van der Waals surface area contributed by atoms with Gasteiger partial charge >= 0.3 is 0 Å². The third-order valence-corrected chi connectivity index (χ3v) is 5.92. The van der Waals surface area contributed by atoms with Gasteiger partial charge in [-0.2, -0.15) is 0 Å². The first kappa shape index (κ1) is 18.7. The van der Waals surface area contributed by atoms with Gasteiger partial charge in [-0.05, 0) is 18.1 Å². The van der Waals surface area contributed by atoms with Crippen molar-refractivity contribution in [2.24, 2.45) is 7.05 Å². The molecule has 1 aromatic carbocycles. The minimum atomic E-state index is -0.0100. The number of hydrogen-bond acceptors (Lipinski definition) is 5. The normalized spacial score (nSPS) is 10.8. The summed E-state index contributed by atoms with van der Waals surface area (Å²) in [6.45, 7) is 2.72. The van der Waals surface area contributed by atoms with Gasteiger partial charge in [-0.25, -0.2) is 0 Å². The largest absolute Gasteiger partial charge is 0.351 e. The van der Waals surface area contributed by atoms with Crippen LogP contribution in [0, 0.1) is 0 Å². The standard InChI is InChI=1S/C19H22N4OS2/c1-3-7-16-10-15(12-25-16)18-21-22-19(23(18)2)26-13-17(24)20-11-14-8-5-4-6-9-14/h4-6,8-10,12H,3,7,11,13H2,1-2H3,(H,20,24). The number of nitrogens with zero attached hydrogens (tertiary/aromatic N) is 3. The highest BCUT2D eigenvalue weighted by atomic mass is 32.2. The lowest BCUT2D eigenvalue weighted by Gasteiger charge is -2.05. The molecular formula is C19H22N4OS2. The van der Waals surface area contributed by atoms with E-state index in [4.69, 9.17) is 0 Å². The number of thioether (sulfide) groups is 1. The van der Waals surface area contributed by atoms with Crippen LogP contribution in [0.25, 0.3) is 11.4 Å². The van der Waals surface area contributed by atoms with Crippen molar-refractivity contribution in [1.82, 2.24) is 20.1 Å². The average molecular weight is 387 g/mol. The molecular weight excluding hydrogens is 364 g/mol. The van der Waals surface area contributed by atoms with E-state index in [1.54, 1.807) is 11.3 Å². The minimum Gasteiger partial charge on any atom is -0.351 e. The lowest BCUT2D eigenvalue weighted by atomic mass is 10.2. The second kappa shape index (κ2) is 9.00. The third-order valence-electron chi connectivity index (χ3n) is 3.91. The molecule has 2 heterocycles. The Hall–Kier alpha value is -2.12. The zero-order valence-corrected chi connectivity index (χ0v) is 16.6. The number of rotatable bonds is 8. The summed E-state index contributed by atoms with van der Waals surface area (Å²) in [6.07, 6.45) is 2.23. The molecule has 0 unspecified atom stereocenters. The number of aryl methyl sites for hydroxylation is 1. The van der Waals surface area contributed by atoms with Crippen molar-refractivity contribution in [3.63, 3.8) is 0 Å². The van der Waals surface area contributed by atoms with Crippen molar-refractivity contribution in [3.05, 3.63) is 52.2 Å². The van der Waals surface area contributed by atoms with E-state index in [1.165, 1.54) is 16.6 Å². The lowest BCUT2D eigenvalue weighted by Crippen LogP contribution is -2.24. The molecule has 0 aliphatic heterocycles. The van der Waals surface area contributed by atoms with Crippen molar-refractivity contribution in [1.29, 1.82) is 0 Å². The van der Waals surface area contributed by atoms with Gasteiger partial charge in [0, 0.05) is 29.4 Å². The van der Waals surface area contributed by atoms with E-state index in [-0.39, 0.29) is 5.91 Å². The molecule has 0 aliphatic carbocycles. The summed E-state index contributed by atoms with van der Waals surface area (Å²) in [5, 5.41) is 14.3. The van der Waals surface area contributed by atoms with E-state index in [9.17, 15) is 4.79 Å². The Labute approximate surface area is 161 Å². The quantitative estimate of drug-likeness (QED) is 0.597. The van der Waals surface area contributed by atoms with Crippen molar-refractivity contribution in [3.8, 4) is 11.4 Å². The molecule has 136 valence electrons. The molecule has 1 N–H and O–H groups in total. The second-order valence-corrected chi connectivity index (χ2v) is 7.91. The predicted molar refractivity (Wildman–Crippen MR) is 107 cm³/mol. The molecule has 0 spiro atoms. The fraction of sp³-hybridized carbons (Fsp3) is 0.316. The number of nitrogens with one attached hydrogen (secondary N) is 1. The molecule has 26 heavy (non-hydrogen) atoms. The molecule has 7 heteroatoms. The first-order chi connectivity index (χ1) is 12.7. The molecule has 0 bridgehead atoms. The van der Waals surface area contributed by atoms with Gasteiger partial charge in [-0.3, -0.25) is 4.79 Å². The van der Waals surface area contributed by atoms with Crippen LogP contribution in [0.2, 0.25) is 0 Å². The first-order valence-electron chi connectivity index (χ1n) is 8.58. The Bertz CT molecular complexity index is 858. The molecule has 0 aliphatic rings. The molecule has 0 radical (unpaired) electrons. The Balaban J connectivity index is 1.55. The van der Waals surface area contributed by atoms with Crippen molar-refractivity contribution in [2.75, 3.05) is 5.75 Å². The van der Waals surface area contributed by atoms with Gasteiger partial charge in [0.15, 0.2) is 11.0 Å². The topological polar surface area (TPSA) is 59.8 Å². The van der Waals surface area contributed by atoms with E-state index in [1.807, 2.05) is 41.9 Å². The van der Waals surface area contributed by atoms with E-state index in [2.05, 4.69) is 33.9 Å². The summed E-state index contributed by atoms with van der Waals surface area (Å²) in [7, 11) is 1.94. The summed E-state index contributed by atoms with van der Waals surface area (Å²) in [5.41, 5.74) is 2.18. The summed E-state index contributed by atoms with van der Waals surface area (Å²) in [5.74, 6) is 1.16. The zero-order chi connectivity index (χ0) is 18.4. The SMILES string of the molecule is CCCc1cc(-c2nnc(SCC(=O)NCc3ccccc3)n2C)cs1. The number of amides is 1. The van der Waals surface area contributed by atoms with E-state index in [0.717, 1.165) is 34.9 Å². The van der Waals surface area contributed by atoms with E-state index < -0.39 is 0 Å².